The van der Waals surface area contributed by atoms with Crippen LogP contribution in [0, 0.1) is 11.8 Å². The number of esters is 1. The lowest BCUT2D eigenvalue weighted by molar-refractivity contribution is -0.949. The molecule has 3 saturated heterocycles. The maximum atomic E-state index is 12.0. The molecule has 4 heterocycles. The third-order valence-corrected chi connectivity index (χ3v) is 6.27. The lowest BCUT2D eigenvalue weighted by atomic mass is 9.73. The number of ether oxygens (including phenoxy) is 2. The summed E-state index contributed by atoms with van der Waals surface area (Å²) in [6, 6.07) is 8.11. The molecule has 5 nitrogen and oxygen atoms in total. The van der Waals surface area contributed by atoms with Crippen LogP contribution in [0.3, 0.4) is 0 Å². The number of fused-ring (bicyclic) bond motifs is 4. The van der Waals surface area contributed by atoms with E-state index in [1.165, 1.54) is 18.2 Å². The highest BCUT2D eigenvalue weighted by Crippen LogP contribution is 2.36. The molecule has 1 aromatic carbocycles. The van der Waals surface area contributed by atoms with Crippen LogP contribution in [0.4, 0.5) is 0 Å². The standard InChI is InChI=1S/C22H26N2O3/c1-4-15-13-24-10-8-16(15)11-21(24)22(27-14(2)25)18-7-9-23-20-6-5-17(26-3)12-19(18)20/h4-7,9,12,15-16,21-22H,1,8,10-11,13H2,2-3H3/p+1/t15-,16-,21+,22-/m0/s1. The zero-order chi connectivity index (χ0) is 19.0. The molecule has 3 fully saturated rings. The Kier molecular flexibility index (Phi) is 4.87. The number of benzene rings is 1. The van der Waals surface area contributed by atoms with Crippen molar-refractivity contribution in [3.63, 3.8) is 0 Å². The predicted octanol–water partition coefficient (Wildman–Crippen LogP) is 2.33. The van der Waals surface area contributed by atoms with Crippen LogP contribution < -0.4 is 9.64 Å². The molecule has 1 aromatic heterocycles. The molecular weight excluding hydrogens is 340 g/mol. The van der Waals surface area contributed by atoms with Crippen molar-refractivity contribution < 1.29 is 19.2 Å². The molecule has 0 radical (unpaired) electrons. The Morgan fingerprint density at radius 2 is 2.26 bits per heavy atom. The Bertz CT molecular complexity index is 866. The van der Waals surface area contributed by atoms with Gasteiger partial charge in [-0.3, -0.25) is 9.78 Å². The maximum Gasteiger partial charge on any atom is 0.303 e. The molecule has 5 rings (SSSR count). The fraction of sp³-hybridized carbons (Fsp3) is 0.455. The van der Waals surface area contributed by atoms with Crippen molar-refractivity contribution in [3.05, 3.63) is 48.7 Å². The van der Waals surface area contributed by atoms with Gasteiger partial charge in [-0.1, -0.05) is 6.08 Å². The van der Waals surface area contributed by atoms with Crippen LogP contribution in [0.15, 0.2) is 43.1 Å². The Morgan fingerprint density at radius 1 is 1.41 bits per heavy atom. The number of carbonyl (C=O) groups excluding carboxylic acids is 1. The van der Waals surface area contributed by atoms with E-state index in [1.807, 2.05) is 24.3 Å². The number of piperidine rings is 3. The van der Waals surface area contributed by atoms with E-state index in [-0.39, 0.29) is 18.1 Å². The SMILES string of the molecule is C=C[C@H]1C[NH+]2CC[C@H]1C[C@@H]2[C@@H](OC(C)=O)c1ccnc2ccc(OC)cc12. The fourth-order valence-corrected chi connectivity index (χ4v) is 4.95. The molecule has 1 N–H and O–H groups in total. The summed E-state index contributed by atoms with van der Waals surface area (Å²) in [6.07, 6.45) is 5.91. The van der Waals surface area contributed by atoms with Crippen LogP contribution in [0.25, 0.3) is 10.9 Å². The lowest BCUT2D eigenvalue weighted by Gasteiger charge is -2.48. The number of quaternary nitrogens is 1. The molecule has 0 saturated carbocycles. The van der Waals surface area contributed by atoms with Gasteiger partial charge >= 0.3 is 5.97 Å². The summed E-state index contributed by atoms with van der Waals surface area (Å²) in [7, 11) is 1.66. The minimum absolute atomic E-state index is 0.241. The summed E-state index contributed by atoms with van der Waals surface area (Å²) < 4.78 is 11.3. The minimum Gasteiger partial charge on any atom is -0.497 e. The Hall–Kier alpha value is -2.40. The Labute approximate surface area is 160 Å². The molecule has 0 aliphatic carbocycles. The van der Waals surface area contributed by atoms with Gasteiger partial charge in [0, 0.05) is 42.8 Å². The van der Waals surface area contributed by atoms with E-state index in [2.05, 4.69) is 17.6 Å². The van der Waals surface area contributed by atoms with E-state index in [0.717, 1.165) is 41.7 Å². The molecule has 5 heteroatoms. The first-order valence-electron chi connectivity index (χ1n) is 9.67. The normalized spacial score (nSPS) is 27.9. The number of nitrogens with zero attached hydrogens (tertiary/aromatic N) is 1. The molecule has 3 aliphatic heterocycles. The second-order valence-electron chi connectivity index (χ2n) is 7.72. The van der Waals surface area contributed by atoms with Crippen LogP contribution in [-0.2, 0) is 9.53 Å². The van der Waals surface area contributed by atoms with Crippen molar-refractivity contribution in [2.75, 3.05) is 20.2 Å². The average Bonchev–Trinajstić information content (AvgIpc) is 2.71. The second kappa shape index (κ2) is 7.31. The number of nitrogens with one attached hydrogen (secondary N) is 1. The zero-order valence-corrected chi connectivity index (χ0v) is 16.0. The smallest absolute Gasteiger partial charge is 0.303 e. The van der Waals surface area contributed by atoms with E-state index < -0.39 is 0 Å². The summed E-state index contributed by atoms with van der Waals surface area (Å²) in [5.74, 6) is 1.74. The fourth-order valence-electron chi connectivity index (χ4n) is 4.95. The molecule has 27 heavy (non-hydrogen) atoms. The molecule has 0 spiro atoms. The summed E-state index contributed by atoms with van der Waals surface area (Å²) in [6.45, 7) is 7.72. The topological polar surface area (TPSA) is 52.9 Å². The highest BCUT2D eigenvalue weighted by atomic mass is 16.5. The van der Waals surface area contributed by atoms with Gasteiger partial charge in [-0.2, -0.15) is 0 Å². The van der Waals surface area contributed by atoms with E-state index in [9.17, 15) is 4.79 Å². The van der Waals surface area contributed by atoms with Crippen LogP contribution >= 0.6 is 0 Å². The summed E-state index contributed by atoms with van der Waals surface area (Å²) in [4.78, 5) is 18.0. The van der Waals surface area contributed by atoms with Crippen LogP contribution in [-0.4, -0.2) is 37.2 Å². The maximum absolute atomic E-state index is 12.0. The van der Waals surface area contributed by atoms with Gasteiger partial charge in [0.05, 0.1) is 25.7 Å². The first-order valence-corrected chi connectivity index (χ1v) is 9.67. The molecule has 5 atom stereocenters. The predicted molar refractivity (Wildman–Crippen MR) is 104 cm³/mol. The van der Waals surface area contributed by atoms with Gasteiger partial charge in [0.1, 0.15) is 11.8 Å². The molecule has 0 amide bonds. The summed E-state index contributed by atoms with van der Waals surface area (Å²) >= 11 is 0. The molecule has 1 unspecified atom stereocenters. The van der Waals surface area contributed by atoms with Crippen LogP contribution in [0.5, 0.6) is 5.75 Å². The van der Waals surface area contributed by atoms with Crippen LogP contribution in [0.1, 0.15) is 31.4 Å². The lowest BCUT2D eigenvalue weighted by Crippen LogP contribution is -3.20. The molecule has 3 aliphatic rings. The summed E-state index contributed by atoms with van der Waals surface area (Å²) in [5, 5.41) is 0.991. The molecule has 2 aromatic rings. The highest BCUT2D eigenvalue weighted by molar-refractivity contribution is 5.84. The van der Waals surface area contributed by atoms with E-state index in [4.69, 9.17) is 9.47 Å². The first-order chi connectivity index (χ1) is 13.1. The van der Waals surface area contributed by atoms with Gasteiger partial charge in [0.2, 0.25) is 0 Å². The van der Waals surface area contributed by atoms with Crippen molar-refractivity contribution in [1.29, 1.82) is 0 Å². The zero-order valence-electron chi connectivity index (χ0n) is 16.0. The second-order valence-corrected chi connectivity index (χ2v) is 7.72. The Balaban J connectivity index is 1.76. The first kappa shape index (κ1) is 18.0. The Morgan fingerprint density at radius 3 is 2.93 bits per heavy atom. The highest BCUT2D eigenvalue weighted by Gasteiger charge is 2.47. The van der Waals surface area contributed by atoms with Crippen molar-refractivity contribution in [1.82, 2.24) is 4.98 Å². The van der Waals surface area contributed by atoms with Gasteiger partial charge in [0.15, 0.2) is 6.10 Å². The van der Waals surface area contributed by atoms with Crippen molar-refractivity contribution in [2.24, 2.45) is 11.8 Å². The van der Waals surface area contributed by atoms with E-state index in [0.29, 0.717) is 11.8 Å². The number of methoxy groups -OCH3 is 1. The van der Waals surface area contributed by atoms with Crippen molar-refractivity contribution in [3.8, 4) is 5.75 Å². The van der Waals surface area contributed by atoms with Gasteiger partial charge in [-0.15, -0.1) is 6.58 Å². The van der Waals surface area contributed by atoms with E-state index in [1.54, 1.807) is 13.3 Å². The van der Waals surface area contributed by atoms with E-state index >= 15 is 0 Å². The third-order valence-electron chi connectivity index (χ3n) is 6.27. The number of pyridine rings is 1. The largest absolute Gasteiger partial charge is 0.497 e. The van der Waals surface area contributed by atoms with Crippen molar-refractivity contribution >= 4 is 16.9 Å². The number of aromatic nitrogens is 1. The monoisotopic (exact) mass is 367 g/mol. The summed E-state index contributed by atoms with van der Waals surface area (Å²) in [5.41, 5.74) is 1.91. The number of rotatable bonds is 5. The van der Waals surface area contributed by atoms with Gasteiger partial charge in [-0.25, -0.2) is 0 Å². The molecular formula is C22H27N2O3+. The number of hydrogen-bond donors (Lipinski definition) is 1. The average molecular weight is 367 g/mol. The number of carbonyl (C=O) groups is 1. The van der Waals surface area contributed by atoms with Gasteiger partial charge in [0.25, 0.3) is 0 Å². The quantitative estimate of drug-likeness (QED) is 0.651. The number of hydrogen-bond acceptors (Lipinski definition) is 4. The third kappa shape index (κ3) is 3.32. The molecule has 2 bridgehead atoms. The molecule has 142 valence electrons. The minimum atomic E-state index is -0.274. The van der Waals surface area contributed by atoms with Gasteiger partial charge < -0.3 is 14.4 Å². The van der Waals surface area contributed by atoms with Gasteiger partial charge in [-0.05, 0) is 30.2 Å². The van der Waals surface area contributed by atoms with Crippen molar-refractivity contribution in [2.45, 2.75) is 31.9 Å². The van der Waals surface area contributed by atoms with Crippen LogP contribution in [0.2, 0.25) is 0 Å².